The van der Waals surface area contributed by atoms with Crippen LogP contribution in [-0.4, -0.2) is 60.2 Å². The molecule has 3 amide bonds. The van der Waals surface area contributed by atoms with Gasteiger partial charge in [0.1, 0.15) is 11.9 Å². The highest BCUT2D eigenvalue weighted by Crippen LogP contribution is 2.50. The number of piperidine rings is 2. The zero-order valence-electron chi connectivity index (χ0n) is 22.2. The molecule has 2 aromatic rings. The molecule has 2 saturated heterocycles. The minimum Gasteiger partial charge on any atom is -0.345 e. The van der Waals surface area contributed by atoms with Crippen LogP contribution in [0.15, 0.2) is 48.5 Å². The van der Waals surface area contributed by atoms with Crippen LogP contribution < -0.4 is 5.32 Å². The topological polar surface area (TPSA) is 69.7 Å². The van der Waals surface area contributed by atoms with Gasteiger partial charge in [0.05, 0.1) is 17.0 Å². The van der Waals surface area contributed by atoms with Gasteiger partial charge in [-0.25, -0.2) is 4.39 Å². The van der Waals surface area contributed by atoms with Crippen LogP contribution >= 0.6 is 0 Å². The molecule has 0 saturated carbocycles. The number of benzene rings is 2. The first-order valence-electron chi connectivity index (χ1n) is 13.1. The van der Waals surface area contributed by atoms with E-state index in [9.17, 15) is 31.9 Å². The molecule has 1 unspecified atom stereocenters. The van der Waals surface area contributed by atoms with E-state index in [0.29, 0.717) is 50.7 Å². The third-order valence-corrected chi connectivity index (χ3v) is 8.14. The Morgan fingerprint density at radius 2 is 1.62 bits per heavy atom. The molecule has 0 bridgehead atoms. The van der Waals surface area contributed by atoms with Crippen LogP contribution in [0.1, 0.15) is 60.5 Å². The number of halogens is 4. The Balaban J connectivity index is 1.50. The third kappa shape index (κ3) is 5.79. The van der Waals surface area contributed by atoms with Gasteiger partial charge in [-0.15, -0.1) is 0 Å². The number of likely N-dealkylation sites (tertiary alicyclic amines) is 2. The number of nitrogens with one attached hydrogen (secondary N) is 1. The smallest absolute Gasteiger partial charge is 0.345 e. The molecule has 210 valence electrons. The van der Waals surface area contributed by atoms with Crippen molar-refractivity contribution < 1.29 is 31.9 Å². The molecule has 1 spiro atoms. The Labute approximate surface area is 225 Å². The van der Waals surface area contributed by atoms with Crippen molar-refractivity contribution in [3.05, 3.63) is 71.0 Å². The van der Waals surface area contributed by atoms with Crippen LogP contribution in [0.5, 0.6) is 0 Å². The monoisotopic (exact) mass is 547 g/mol. The molecule has 2 aliphatic heterocycles. The van der Waals surface area contributed by atoms with Crippen molar-refractivity contribution in [1.29, 1.82) is 0 Å². The molecule has 2 aliphatic rings. The van der Waals surface area contributed by atoms with Crippen LogP contribution in [0.2, 0.25) is 0 Å². The van der Waals surface area contributed by atoms with E-state index >= 15 is 0 Å². The second-order valence-corrected chi connectivity index (χ2v) is 10.9. The lowest BCUT2D eigenvalue weighted by molar-refractivity contribution is -0.144. The van der Waals surface area contributed by atoms with Crippen LogP contribution in [0.25, 0.3) is 0 Å². The van der Waals surface area contributed by atoms with E-state index in [1.165, 1.54) is 0 Å². The summed E-state index contributed by atoms with van der Waals surface area (Å²) in [4.78, 5) is 43.0. The van der Waals surface area contributed by atoms with Crippen molar-refractivity contribution in [1.82, 2.24) is 15.1 Å². The molecule has 39 heavy (non-hydrogen) atoms. The number of amides is 3. The summed E-state index contributed by atoms with van der Waals surface area (Å²) in [7, 11) is 1.80. The SMILES string of the molecule is CC(C)[C@@H](NC(=O)c1cc(C(F)(F)F)ccc1F)C(=O)N1CCC2(CCN(C)C(=O)C2c2ccccc2)CC1. The summed E-state index contributed by atoms with van der Waals surface area (Å²) in [5, 5.41) is 2.47. The van der Waals surface area contributed by atoms with E-state index in [2.05, 4.69) is 5.32 Å². The second-order valence-electron chi connectivity index (χ2n) is 10.9. The number of rotatable bonds is 5. The zero-order valence-corrected chi connectivity index (χ0v) is 22.2. The average Bonchev–Trinajstić information content (AvgIpc) is 2.90. The van der Waals surface area contributed by atoms with Gasteiger partial charge in [0.25, 0.3) is 5.91 Å². The summed E-state index contributed by atoms with van der Waals surface area (Å²) in [6, 6.07) is 10.2. The minimum absolute atomic E-state index is 0.0580. The van der Waals surface area contributed by atoms with E-state index in [-0.39, 0.29) is 23.1 Å². The molecule has 2 fully saturated rings. The molecule has 10 heteroatoms. The fourth-order valence-corrected chi connectivity index (χ4v) is 5.78. The Hall–Kier alpha value is -3.43. The maximum Gasteiger partial charge on any atom is 0.416 e. The lowest BCUT2D eigenvalue weighted by Crippen LogP contribution is -2.57. The van der Waals surface area contributed by atoms with E-state index in [1.807, 2.05) is 30.3 Å². The number of carbonyl (C=O) groups is 3. The van der Waals surface area contributed by atoms with Crippen molar-refractivity contribution in [2.24, 2.45) is 11.3 Å². The van der Waals surface area contributed by atoms with Crippen molar-refractivity contribution in [3.63, 3.8) is 0 Å². The second kappa shape index (κ2) is 11.0. The predicted octanol–water partition coefficient (Wildman–Crippen LogP) is 4.85. The summed E-state index contributed by atoms with van der Waals surface area (Å²) in [6.07, 6.45) is -2.75. The maximum absolute atomic E-state index is 14.3. The van der Waals surface area contributed by atoms with E-state index in [0.717, 1.165) is 12.0 Å². The van der Waals surface area contributed by atoms with Gasteiger partial charge in [0.15, 0.2) is 0 Å². The number of likely N-dealkylation sites (N-methyl/N-ethyl adjacent to an activating group) is 1. The van der Waals surface area contributed by atoms with Crippen LogP contribution in [0.4, 0.5) is 17.6 Å². The highest BCUT2D eigenvalue weighted by atomic mass is 19.4. The number of hydrogen-bond acceptors (Lipinski definition) is 3. The Bertz CT molecular complexity index is 1220. The number of carbonyl (C=O) groups excluding carboxylic acids is 3. The summed E-state index contributed by atoms with van der Waals surface area (Å²) >= 11 is 0. The number of nitrogens with zero attached hydrogens (tertiary/aromatic N) is 2. The van der Waals surface area contributed by atoms with Gasteiger partial charge in [-0.3, -0.25) is 14.4 Å². The first-order chi connectivity index (χ1) is 18.3. The van der Waals surface area contributed by atoms with Gasteiger partial charge >= 0.3 is 6.18 Å². The van der Waals surface area contributed by atoms with Crippen LogP contribution in [0, 0.1) is 17.2 Å². The van der Waals surface area contributed by atoms with Crippen molar-refractivity contribution in [3.8, 4) is 0 Å². The Morgan fingerprint density at radius 3 is 2.21 bits per heavy atom. The van der Waals surface area contributed by atoms with Crippen LogP contribution in [-0.2, 0) is 15.8 Å². The summed E-state index contributed by atoms with van der Waals surface area (Å²) < 4.78 is 53.7. The van der Waals surface area contributed by atoms with E-state index < -0.39 is 41.0 Å². The molecule has 2 heterocycles. The van der Waals surface area contributed by atoms with Gasteiger partial charge in [-0.05, 0) is 54.4 Å². The summed E-state index contributed by atoms with van der Waals surface area (Å²) in [5.74, 6) is -3.22. The normalized spacial score (nSPS) is 20.3. The number of alkyl halides is 3. The highest BCUT2D eigenvalue weighted by molar-refractivity contribution is 5.98. The van der Waals surface area contributed by atoms with Gasteiger partial charge in [0.2, 0.25) is 11.8 Å². The molecule has 6 nitrogen and oxygen atoms in total. The van der Waals surface area contributed by atoms with Crippen molar-refractivity contribution in [2.75, 3.05) is 26.7 Å². The third-order valence-electron chi connectivity index (χ3n) is 8.14. The van der Waals surface area contributed by atoms with Crippen molar-refractivity contribution >= 4 is 17.7 Å². The fourth-order valence-electron chi connectivity index (χ4n) is 5.78. The van der Waals surface area contributed by atoms with Gasteiger partial charge in [-0.1, -0.05) is 44.2 Å². The summed E-state index contributed by atoms with van der Waals surface area (Å²) in [5.41, 5.74) is -1.27. The Kier molecular flexibility index (Phi) is 8.04. The first-order valence-corrected chi connectivity index (χ1v) is 13.1. The van der Waals surface area contributed by atoms with E-state index in [4.69, 9.17) is 0 Å². The van der Waals surface area contributed by atoms with E-state index in [1.54, 1.807) is 30.7 Å². The predicted molar refractivity (Wildman–Crippen MR) is 137 cm³/mol. The van der Waals surface area contributed by atoms with Crippen molar-refractivity contribution in [2.45, 2.75) is 51.2 Å². The molecule has 0 aromatic heterocycles. The van der Waals surface area contributed by atoms with Gasteiger partial charge in [0, 0.05) is 26.7 Å². The lowest BCUT2D eigenvalue weighted by Gasteiger charge is -2.51. The van der Waals surface area contributed by atoms with Gasteiger partial charge in [-0.2, -0.15) is 13.2 Å². The minimum atomic E-state index is -4.74. The molecule has 4 rings (SSSR count). The maximum atomic E-state index is 14.3. The summed E-state index contributed by atoms with van der Waals surface area (Å²) in [6.45, 7) is 4.78. The average molecular weight is 548 g/mol. The first kappa shape index (κ1) is 28.6. The molecular weight excluding hydrogens is 514 g/mol. The number of hydrogen-bond donors (Lipinski definition) is 1. The zero-order chi connectivity index (χ0) is 28.5. The molecular formula is C29H33F4N3O3. The lowest BCUT2D eigenvalue weighted by atomic mass is 9.62. The largest absolute Gasteiger partial charge is 0.416 e. The molecule has 2 aromatic carbocycles. The Morgan fingerprint density at radius 1 is 1.00 bits per heavy atom. The standard InChI is InChI=1S/C29H33F4N3O3/c1-18(2)24(34-25(37)21-17-20(29(31,32)33)9-10-22(21)30)27(39)36-15-12-28(13-16-36)11-14-35(3)26(38)23(28)19-7-5-4-6-8-19/h4-10,17-18,23-24H,11-16H2,1-3H3,(H,34,37)/t23?,24-/m1/s1. The fraction of sp³-hybridized carbons (Fsp3) is 0.483. The van der Waals surface area contributed by atoms with Gasteiger partial charge < -0.3 is 15.1 Å². The quantitative estimate of drug-likeness (QED) is 0.544. The highest BCUT2D eigenvalue weighted by Gasteiger charge is 2.50. The molecule has 0 aliphatic carbocycles. The van der Waals surface area contributed by atoms with Crippen LogP contribution in [0.3, 0.4) is 0 Å². The molecule has 0 radical (unpaired) electrons. The molecule has 2 atom stereocenters. The molecule has 1 N–H and O–H groups in total.